The van der Waals surface area contributed by atoms with Gasteiger partial charge in [-0.15, -0.1) is 0 Å². The third kappa shape index (κ3) is 3.27. The van der Waals surface area contributed by atoms with Crippen molar-refractivity contribution in [2.75, 3.05) is 33.5 Å². The molecule has 3 N–H and O–H groups in total. The van der Waals surface area contributed by atoms with Crippen molar-refractivity contribution in [2.45, 2.75) is 37.6 Å². The quantitative estimate of drug-likeness (QED) is 0.667. The summed E-state index contributed by atoms with van der Waals surface area (Å²) in [5.74, 6) is 0.630. The second-order valence-electron chi connectivity index (χ2n) is 5.77. The maximum absolute atomic E-state index is 11.7. The largest absolute Gasteiger partial charge is 0.381 e. The van der Waals surface area contributed by atoms with Crippen LogP contribution in [0.4, 0.5) is 0 Å². The summed E-state index contributed by atoms with van der Waals surface area (Å²) in [7, 11) is 1.83. The number of ether oxygens (including phenoxy) is 2. The van der Waals surface area contributed by atoms with E-state index in [1.807, 2.05) is 7.05 Å². The Morgan fingerprint density at radius 3 is 3.00 bits per heavy atom. The molecular formula is C14H26N2O3. The molecule has 0 aromatic carbocycles. The summed E-state index contributed by atoms with van der Waals surface area (Å²) in [5.41, 5.74) is 5.06. The number of nitrogens with one attached hydrogen (secondary N) is 1. The molecule has 0 spiro atoms. The molecule has 2 rings (SSSR count). The second-order valence-corrected chi connectivity index (χ2v) is 5.77. The van der Waals surface area contributed by atoms with Crippen molar-refractivity contribution >= 4 is 5.91 Å². The number of amides is 1. The van der Waals surface area contributed by atoms with E-state index in [1.54, 1.807) is 0 Å². The Morgan fingerprint density at radius 1 is 1.53 bits per heavy atom. The second kappa shape index (κ2) is 6.68. The lowest BCUT2D eigenvalue weighted by Gasteiger charge is -2.32. The van der Waals surface area contributed by atoms with E-state index in [-0.39, 0.29) is 5.91 Å². The van der Waals surface area contributed by atoms with Crippen LogP contribution in [0, 0.1) is 11.8 Å². The highest BCUT2D eigenvalue weighted by molar-refractivity contribution is 5.85. The SMILES string of the molecule is CNC1(C(N)=O)CCCC1CCOCC1CCOC1. The van der Waals surface area contributed by atoms with Crippen LogP contribution in [0.5, 0.6) is 0 Å². The molecule has 1 amide bonds. The van der Waals surface area contributed by atoms with Crippen molar-refractivity contribution in [3.05, 3.63) is 0 Å². The number of nitrogens with two attached hydrogens (primary N) is 1. The lowest BCUT2D eigenvalue weighted by molar-refractivity contribution is -0.126. The fraction of sp³-hybridized carbons (Fsp3) is 0.929. The number of hydrogen-bond acceptors (Lipinski definition) is 4. The van der Waals surface area contributed by atoms with E-state index in [0.717, 1.165) is 51.9 Å². The molecule has 1 saturated heterocycles. The van der Waals surface area contributed by atoms with Crippen LogP contribution in [-0.4, -0.2) is 44.9 Å². The molecule has 3 atom stereocenters. The average Bonchev–Trinajstić information content (AvgIpc) is 3.04. The first-order valence-electron chi connectivity index (χ1n) is 7.33. The van der Waals surface area contributed by atoms with Crippen molar-refractivity contribution in [2.24, 2.45) is 17.6 Å². The number of hydrogen-bond donors (Lipinski definition) is 2. The van der Waals surface area contributed by atoms with Gasteiger partial charge in [0.25, 0.3) is 0 Å². The molecule has 5 nitrogen and oxygen atoms in total. The van der Waals surface area contributed by atoms with Gasteiger partial charge in [-0.1, -0.05) is 6.42 Å². The van der Waals surface area contributed by atoms with E-state index in [9.17, 15) is 4.79 Å². The molecule has 1 aliphatic heterocycles. The number of carbonyl (C=O) groups is 1. The fourth-order valence-electron chi connectivity index (χ4n) is 3.44. The highest BCUT2D eigenvalue weighted by atomic mass is 16.5. The minimum atomic E-state index is -0.514. The van der Waals surface area contributed by atoms with Crippen molar-refractivity contribution in [3.63, 3.8) is 0 Å². The van der Waals surface area contributed by atoms with Crippen LogP contribution in [-0.2, 0) is 14.3 Å². The number of carbonyl (C=O) groups excluding carboxylic acids is 1. The monoisotopic (exact) mass is 270 g/mol. The van der Waals surface area contributed by atoms with Crippen molar-refractivity contribution in [1.29, 1.82) is 0 Å². The molecule has 5 heteroatoms. The molecule has 1 saturated carbocycles. The first-order chi connectivity index (χ1) is 9.19. The van der Waals surface area contributed by atoms with Gasteiger partial charge >= 0.3 is 0 Å². The topological polar surface area (TPSA) is 73.6 Å². The van der Waals surface area contributed by atoms with Gasteiger partial charge in [-0.25, -0.2) is 0 Å². The van der Waals surface area contributed by atoms with Crippen LogP contribution >= 0.6 is 0 Å². The zero-order valence-electron chi connectivity index (χ0n) is 11.8. The van der Waals surface area contributed by atoms with Crippen molar-refractivity contribution in [1.82, 2.24) is 5.32 Å². The van der Waals surface area contributed by atoms with Crippen LogP contribution < -0.4 is 11.1 Å². The third-order valence-electron chi connectivity index (χ3n) is 4.69. The molecule has 19 heavy (non-hydrogen) atoms. The minimum Gasteiger partial charge on any atom is -0.381 e. The van der Waals surface area contributed by atoms with Gasteiger partial charge in [0.2, 0.25) is 5.91 Å². The van der Waals surface area contributed by atoms with Crippen molar-refractivity contribution in [3.8, 4) is 0 Å². The average molecular weight is 270 g/mol. The lowest BCUT2D eigenvalue weighted by Crippen LogP contribution is -2.56. The van der Waals surface area contributed by atoms with Gasteiger partial charge in [-0.05, 0) is 38.6 Å². The summed E-state index contributed by atoms with van der Waals surface area (Å²) in [6.07, 6.45) is 4.97. The molecule has 110 valence electrons. The Bertz CT molecular complexity index is 305. The zero-order valence-corrected chi connectivity index (χ0v) is 11.8. The van der Waals surface area contributed by atoms with Gasteiger partial charge in [0.1, 0.15) is 5.54 Å². The molecule has 2 fully saturated rings. The fourth-order valence-corrected chi connectivity index (χ4v) is 3.44. The number of likely N-dealkylation sites (N-methyl/N-ethyl adjacent to an activating group) is 1. The first-order valence-corrected chi connectivity index (χ1v) is 7.33. The van der Waals surface area contributed by atoms with E-state index in [0.29, 0.717) is 18.4 Å². The van der Waals surface area contributed by atoms with E-state index in [1.165, 1.54) is 0 Å². The van der Waals surface area contributed by atoms with Crippen molar-refractivity contribution < 1.29 is 14.3 Å². The summed E-state index contributed by atoms with van der Waals surface area (Å²) in [5, 5.41) is 3.16. The first kappa shape index (κ1) is 14.8. The molecule has 1 heterocycles. The molecule has 0 bridgehead atoms. The Labute approximate surface area is 115 Å². The van der Waals surface area contributed by atoms with Crippen LogP contribution in [0.25, 0.3) is 0 Å². The van der Waals surface area contributed by atoms with E-state index >= 15 is 0 Å². The lowest BCUT2D eigenvalue weighted by atomic mass is 9.84. The van der Waals surface area contributed by atoms with Gasteiger partial charge < -0.3 is 20.5 Å². The molecule has 1 aliphatic carbocycles. The number of rotatable bonds is 7. The van der Waals surface area contributed by atoms with Gasteiger partial charge in [0, 0.05) is 19.1 Å². The van der Waals surface area contributed by atoms with Gasteiger partial charge in [-0.2, -0.15) is 0 Å². The van der Waals surface area contributed by atoms with E-state index < -0.39 is 5.54 Å². The molecule has 0 radical (unpaired) electrons. The summed E-state index contributed by atoms with van der Waals surface area (Å²) >= 11 is 0. The summed E-state index contributed by atoms with van der Waals surface area (Å²) in [6, 6.07) is 0. The highest BCUT2D eigenvalue weighted by Gasteiger charge is 2.46. The highest BCUT2D eigenvalue weighted by Crippen LogP contribution is 2.37. The summed E-state index contributed by atoms with van der Waals surface area (Å²) in [6.45, 7) is 3.17. The van der Waals surface area contributed by atoms with Crippen LogP contribution in [0.1, 0.15) is 32.1 Å². The summed E-state index contributed by atoms with van der Waals surface area (Å²) < 4.78 is 11.1. The van der Waals surface area contributed by atoms with E-state index in [2.05, 4.69) is 5.32 Å². The maximum Gasteiger partial charge on any atom is 0.238 e. The smallest absolute Gasteiger partial charge is 0.238 e. The molecule has 3 unspecified atom stereocenters. The zero-order chi connectivity index (χ0) is 13.7. The van der Waals surface area contributed by atoms with Crippen LogP contribution in [0.2, 0.25) is 0 Å². The Morgan fingerprint density at radius 2 is 2.37 bits per heavy atom. The molecule has 0 aromatic heterocycles. The number of primary amides is 1. The van der Waals surface area contributed by atoms with Gasteiger partial charge in [0.15, 0.2) is 0 Å². The summed E-state index contributed by atoms with van der Waals surface area (Å²) in [4.78, 5) is 11.7. The van der Waals surface area contributed by atoms with Crippen LogP contribution in [0.15, 0.2) is 0 Å². The molecule has 0 aromatic rings. The van der Waals surface area contributed by atoms with Gasteiger partial charge in [-0.3, -0.25) is 4.79 Å². The standard InChI is InChI=1S/C14H26N2O3/c1-16-14(13(15)17)6-2-3-12(14)5-8-19-10-11-4-7-18-9-11/h11-12,16H,2-10H2,1H3,(H2,15,17). The van der Waals surface area contributed by atoms with Crippen LogP contribution in [0.3, 0.4) is 0 Å². The Balaban J connectivity index is 1.73. The Kier molecular flexibility index (Phi) is 5.19. The normalized spacial score (nSPS) is 34.8. The Hall–Kier alpha value is -0.650. The molecule has 2 aliphatic rings. The maximum atomic E-state index is 11.7. The van der Waals surface area contributed by atoms with E-state index in [4.69, 9.17) is 15.2 Å². The minimum absolute atomic E-state index is 0.221. The predicted octanol–water partition coefficient (Wildman–Crippen LogP) is 0.673. The predicted molar refractivity (Wildman–Crippen MR) is 72.7 cm³/mol. The third-order valence-corrected chi connectivity index (χ3v) is 4.69. The van der Waals surface area contributed by atoms with Gasteiger partial charge in [0.05, 0.1) is 13.2 Å². The molecular weight excluding hydrogens is 244 g/mol.